The summed E-state index contributed by atoms with van der Waals surface area (Å²) in [4.78, 5) is 13.0. The lowest BCUT2D eigenvalue weighted by Gasteiger charge is -1.80. The van der Waals surface area contributed by atoms with Gasteiger partial charge in [0.15, 0.2) is 4.83 Å². The number of nitrogens with zero attached hydrogens (tertiary/aromatic N) is 2. The summed E-state index contributed by atoms with van der Waals surface area (Å²) >= 11 is 1.52. The van der Waals surface area contributed by atoms with Crippen molar-refractivity contribution in [1.29, 1.82) is 0 Å². The van der Waals surface area contributed by atoms with Gasteiger partial charge in [-0.25, -0.2) is 5.10 Å². The Balaban J connectivity index is 2.83. The van der Waals surface area contributed by atoms with Crippen LogP contribution in [0.3, 0.4) is 0 Å². The third kappa shape index (κ3) is 1.02. The summed E-state index contributed by atoms with van der Waals surface area (Å²) in [5.41, 5.74) is -0.157. The number of rotatable bonds is 1. The zero-order valence-electron chi connectivity index (χ0n) is 6.50. The predicted octanol–water partition coefficient (Wildman–Crippen LogP) is 0.942. The van der Waals surface area contributed by atoms with Crippen molar-refractivity contribution in [2.24, 2.45) is 0 Å². The van der Waals surface area contributed by atoms with Gasteiger partial charge in [-0.15, -0.1) is 16.4 Å². The second-order valence-electron chi connectivity index (χ2n) is 2.43. The van der Waals surface area contributed by atoms with Gasteiger partial charge in [-0.3, -0.25) is 4.79 Å². The van der Waals surface area contributed by atoms with Crippen LogP contribution in [0.4, 0.5) is 0 Å². The number of H-pyrrole nitrogens is 1. The lowest BCUT2D eigenvalue weighted by molar-refractivity contribution is 0.877. The zero-order valence-corrected chi connectivity index (χ0v) is 7.31. The molecular formula is C7H7N3OS. The van der Waals surface area contributed by atoms with Crippen LogP contribution in [0.15, 0.2) is 10.9 Å². The smallest absolute Gasteiger partial charge is 0.267 e. The number of aromatic nitrogens is 3. The van der Waals surface area contributed by atoms with Gasteiger partial charge in [0.05, 0.1) is 5.39 Å². The van der Waals surface area contributed by atoms with Crippen molar-refractivity contribution in [3.63, 3.8) is 0 Å². The van der Waals surface area contributed by atoms with Crippen molar-refractivity contribution in [1.82, 2.24) is 15.4 Å². The quantitative estimate of drug-likeness (QED) is 0.712. The molecule has 0 unspecified atom stereocenters. The van der Waals surface area contributed by atoms with E-state index in [4.69, 9.17) is 0 Å². The number of hydrogen-bond acceptors (Lipinski definition) is 4. The summed E-state index contributed by atoms with van der Waals surface area (Å²) in [5, 5.41) is 10.3. The maximum absolute atomic E-state index is 11.2. The molecule has 0 amide bonds. The van der Waals surface area contributed by atoms with Crippen LogP contribution < -0.4 is 5.56 Å². The summed E-state index contributed by atoms with van der Waals surface area (Å²) in [5.74, 6) is 0. The molecule has 4 nitrogen and oxygen atoms in total. The summed E-state index contributed by atoms with van der Waals surface area (Å²) in [6, 6.07) is 1.87. The highest BCUT2D eigenvalue weighted by Gasteiger charge is 2.04. The summed E-state index contributed by atoms with van der Waals surface area (Å²) in [6.45, 7) is 2.05. The van der Waals surface area contributed by atoms with Crippen LogP contribution in [0.2, 0.25) is 0 Å². The van der Waals surface area contributed by atoms with Gasteiger partial charge in [0.2, 0.25) is 0 Å². The molecule has 12 heavy (non-hydrogen) atoms. The first kappa shape index (κ1) is 7.42. The molecule has 0 aliphatic rings. The van der Waals surface area contributed by atoms with Crippen molar-refractivity contribution in [2.75, 3.05) is 0 Å². The number of aryl methyl sites for hydroxylation is 1. The Morgan fingerprint density at radius 2 is 2.50 bits per heavy atom. The van der Waals surface area contributed by atoms with E-state index < -0.39 is 0 Å². The molecule has 0 spiro atoms. The fourth-order valence-corrected chi connectivity index (χ4v) is 1.93. The molecule has 5 heteroatoms. The Kier molecular flexibility index (Phi) is 1.65. The van der Waals surface area contributed by atoms with Crippen LogP contribution in [0.25, 0.3) is 10.2 Å². The van der Waals surface area contributed by atoms with Crippen LogP contribution in [0.1, 0.15) is 11.8 Å². The molecule has 0 saturated carbocycles. The number of fused-ring (bicyclic) bond motifs is 1. The van der Waals surface area contributed by atoms with Crippen molar-refractivity contribution in [2.45, 2.75) is 13.3 Å². The Morgan fingerprint density at radius 3 is 3.17 bits per heavy atom. The van der Waals surface area contributed by atoms with E-state index >= 15 is 0 Å². The third-order valence-corrected chi connectivity index (χ3v) is 2.81. The van der Waals surface area contributed by atoms with Gasteiger partial charge in [0.25, 0.3) is 5.56 Å². The van der Waals surface area contributed by atoms with Gasteiger partial charge < -0.3 is 0 Å². The van der Waals surface area contributed by atoms with Crippen LogP contribution in [0.5, 0.6) is 0 Å². The molecule has 0 fully saturated rings. The minimum absolute atomic E-state index is 0.157. The highest BCUT2D eigenvalue weighted by atomic mass is 32.1. The first-order valence-electron chi connectivity index (χ1n) is 3.65. The number of nitrogens with one attached hydrogen (secondary N) is 1. The Bertz CT molecular complexity index is 459. The largest absolute Gasteiger partial charge is 0.275 e. The molecule has 62 valence electrons. The molecule has 2 aromatic rings. The van der Waals surface area contributed by atoms with E-state index in [1.165, 1.54) is 11.3 Å². The summed E-state index contributed by atoms with van der Waals surface area (Å²) in [6.07, 6.45) is 0.931. The molecule has 0 atom stereocenters. The molecular weight excluding hydrogens is 174 g/mol. The maximum Gasteiger partial charge on any atom is 0.275 e. The van der Waals surface area contributed by atoms with Crippen LogP contribution in [-0.2, 0) is 6.42 Å². The lowest BCUT2D eigenvalue weighted by atomic mass is 10.3. The number of thiophene rings is 1. The van der Waals surface area contributed by atoms with Gasteiger partial charge >= 0.3 is 0 Å². The van der Waals surface area contributed by atoms with Gasteiger partial charge in [0, 0.05) is 4.88 Å². The average Bonchev–Trinajstić information content (AvgIpc) is 2.49. The molecule has 0 aliphatic carbocycles. The minimum atomic E-state index is -0.157. The van der Waals surface area contributed by atoms with Crippen molar-refractivity contribution < 1.29 is 0 Å². The molecule has 0 aliphatic heterocycles. The van der Waals surface area contributed by atoms with E-state index in [0.29, 0.717) is 5.39 Å². The molecule has 2 heterocycles. The van der Waals surface area contributed by atoms with E-state index in [1.807, 2.05) is 13.0 Å². The topological polar surface area (TPSA) is 58.6 Å². The van der Waals surface area contributed by atoms with E-state index in [1.54, 1.807) is 0 Å². The van der Waals surface area contributed by atoms with Crippen LogP contribution in [0, 0.1) is 0 Å². The fraction of sp³-hybridized carbons (Fsp3) is 0.286. The van der Waals surface area contributed by atoms with E-state index in [-0.39, 0.29) is 5.56 Å². The standard InChI is InChI=1S/C7H7N3OS/c1-2-4-3-5-6(11)8-10-9-7(5)12-4/h3H,2H2,1H3,(H,8,9,11). The normalized spacial score (nSPS) is 10.8. The van der Waals surface area contributed by atoms with Gasteiger partial charge in [-0.2, -0.15) is 0 Å². The Labute approximate surface area is 72.2 Å². The highest BCUT2D eigenvalue weighted by Crippen LogP contribution is 2.19. The summed E-state index contributed by atoms with van der Waals surface area (Å²) < 4.78 is 0. The molecule has 0 saturated heterocycles. The maximum atomic E-state index is 11.2. The van der Waals surface area contributed by atoms with Crippen molar-refractivity contribution in [3.8, 4) is 0 Å². The Morgan fingerprint density at radius 1 is 1.67 bits per heavy atom. The zero-order chi connectivity index (χ0) is 8.55. The number of aromatic amines is 1. The van der Waals surface area contributed by atoms with Gasteiger partial charge in [-0.1, -0.05) is 12.1 Å². The van der Waals surface area contributed by atoms with Crippen molar-refractivity contribution in [3.05, 3.63) is 21.3 Å². The molecule has 1 N–H and O–H groups in total. The fourth-order valence-electron chi connectivity index (χ4n) is 1.02. The molecule has 0 bridgehead atoms. The Hall–Kier alpha value is -1.23. The predicted molar refractivity (Wildman–Crippen MR) is 47.4 cm³/mol. The van der Waals surface area contributed by atoms with Crippen LogP contribution >= 0.6 is 11.3 Å². The SMILES string of the molecule is CCc1cc2c(=O)[nH]nnc2s1. The second kappa shape index (κ2) is 2.67. The minimum Gasteiger partial charge on any atom is -0.267 e. The van der Waals surface area contributed by atoms with E-state index in [0.717, 1.165) is 16.1 Å². The lowest BCUT2D eigenvalue weighted by Crippen LogP contribution is -2.07. The number of hydrogen-bond donors (Lipinski definition) is 1. The second-order valence-corrected chi connectivity index (χ2v) is 3.54. The van der Waals surface area contributed by atoms with Gasteiger partial charge in [0.1, 0.15) is 0 Å². The highest BCUT2D eigenvalue weighted by molar-refractivity contribution is 7.18. The molecule has 2 aromatic heterocycles. The first-order chi connectivity index (χ1) is 5.81. The molecule has 2 rings (SSSR count). The van der Waals surface area contributed by atoms with E-state index in [2.05, 4.69) is 15.4 Å². The van der Waals surface area contributed by atoms with Crippen LogP contribution in [-0.4, -0.2) is 15.4 Å². The van der Waals surface area contributed by atoms with Crippen molar-refractivity contribution >= 4 is 21.6 Å². The van der Waals surface area contributed by atoms with E-state index in [9.17, 15) is 4.79 Å². The monoisotopic (exact) mass is 181 g/mol. The first-order valence-corrected chi connectivity index (χ1v) is 4.46. The molecule has 0 aromatic carbocycles. The summed E-state index contributed by atoms with van der Waals surface area (Å²) in [7, 11) is 0. The third-order valence-electron chi connectivity index (χ3n) is 1.65. The molecule has 0 radical (unpaired) electrons. The average molecular weight is 181 g/mol. The van der Waals surface area contributed by atoms with Gasteiger partial charge in [-0.05, 0) is 12.5 Å².